The summed E-state index contributed by atoms with van der Waals surface area (Å²) in [4.78, 5) is 0. The first-order valence-corrected chi connectivity index (χ1v) is 7.56. The van der Waals surface area contributed by atoms with E-state index in [1.54, 1.807) is 0 Å². The zero-order valence-electron chi connectivity index (χ0n) is 12.1. The summed E-state index contributed by atoms with van der Waals surface area (Å²) in [5, 5.41) is 6.85. The van der Waals surface area contributed by atoms with Crippen LogP contribution < -0.4 is 10.6 Å². The van der Waals surface area contributed by atoms with Crippen molar-refractivity contribution in [3.63, 3.8) is 0 Å². The van der Waals surface area contributed by atoms with Crippen LogP contribution in [0.15, 0.2) is 18.2 Å². The first-order chi connectivity index (χ1) is 9.65. The lowest BCUT2D eigenvalue weighted by molar-refractivity contribution is 0.400. The highest BCUT2D eigenvalue weighted by atomic mass is 19.1. The number of hydrogen-bond acceptors (Lipinski definition) is 2. The molecule has 0 saturated carbocycles. The van der Waals surface area contributed by atoms with Gasteiger partial charge >= 0.3 is 0 Å². The first-order valence-electron chi connectivity index (χ1n) is 7.56. The summed E-state index contributed by atoms with van der Waals surface area (Å²) in [6.45, 7) is 3.57. The van der Waals surface area contributed by atoms with E-state index >= 15 is 0 Å². The van der Waals surface area contributed by atoms with Crippen LogP contribution in [0.3, 0.4) is 0 Å². The molecule has 0 radical (unpaired) electrons. The summed E-state index contributed by atoms with van der Waals surface area (Å²) in [7, 11) is 0. The molecular weight excluding hydrogens is 258 g/mol. The molecule has 20 heavy (non-hydrogen) atoms. The lowest BCUT2D eigenvalue weighted by Gasteiger charge is -2.21. The quantitative estimate of drug-likeness (QED) is 0.865. The molecule has 4 heteroatoms. The van der Waals surface area contributed by atoms with Crippen molar-refractivity contribution in [2.45, 2.75) is 57.7 Å². The van der Waals surface area contributed by atoms with Crippen molar-refractivity contribution >= 4 is 0 Å². The fourth-order valence-electron chi connectivity index (χ4n) is 2.78. The summed E-state index contributed by atoms with van der Waals surface area (Å²) >= 11 is 0. The Morgan fingerprint density at radius 1 is 1.30 bits per heavy atom. The smallest absolute Gasteiger partial charge is 0.127 e. The van der Waals surface area contributed by atoms with Gasteiger partial charge in [-0.15, -0.1) is 0 Å². The van der Waals surface area contributed by atoms with Gasteiger partial charge in [0.2, 0.25) is 0 Å². The Morgan fingerprint density at radius 3 is 3.00 bits per heavy atom. The fraction of sp³-hybridized carbons (Fsp3) is 0.625. The maximum atomic E-state index is 13.5. The van der Waals surface area contributed by atoms with Gasteiger partial charge in [0.15, 0.2) is 0 Å². The van der Waals surface area contributed by atoms with Gasteiger partial charge in [-0.05, 0) is 50.9 Å². The third-order valence-corrected chi connectivity index (χ3v) is 3.95. The Bertz CT molecular complexity index is 415. The fourth-order valence-corrected chi connectivity index (χ4v) is 2.78. The van der Waals surface area contributed by atoms with Crippen molar-refractivity contribution in [3.8, 4) is 0 Å². The highest BCUT2D eigenvalue weighted by Crippen LogP contribution is 2.14. The van der Waals surface area contributed by atoms with Crippen LogP contribution >= 0.6 is 0 Å². The molecule has 1 fully saturated rings. The van der Waals surface area contributed by atoms with Gasteiger partial charge in [0, 0.05) is 24.2 Å². The Morgan fingerprint density at radius 2 is 2.15 bits per heavy atom. The van der Waals surface area contributed by atoms with E-state index in [2.05, 4.69) is 17.6 Å². The molecular formula is C16H24F2N2. The van der Waals surface area contributed by atoms with E-state index < -0.39 is 0 Å². The predicted octanol–water partition coefficient (Wildman–Crippen LogP) is 3.37. The maximum absolute atomic E-state index is 13.5. The van der Waals surface area contributed by atoms with E-state index in [-0.39, 0.29) is 17.7 Å². The van der Waals surface area contributed by atoms with Crippen LogP contribution in [0.25, 0.3) is 0 Å². The van der Waals surface area contributed by atoms with Crippen molar-refractivity contribution < 1.29 is 8.78 Å². The molecule has 2 rings (SSSR count). The van der Waals surface area contributed by atoms with Crippen molar-refractivity contribution in [1.29, 1.82) is 0 Å². The molecule has 1 saturated heterocycles. The molecule has 1 heterocycles. The van der Waals surface area contributed by atoms with E-state index in [4.69, 9.17) is 0 Å². The Labute approximate surface area is 120 Å². The summed E-state index contributed by atoms with van der Waals surface area (Å²) in [6.07, 6.45) is 6.08. The van der Waals surface area contributed by atoms with Crippen molar-refractivity contribution in [2.75, 3.05) is 6.54 Å². The molecule has 2 N–H and O–H groups in total. The van der Waals surface area contributed by atoms with Crippen LogP contribution in [0.5, 0.6) is 0 Å². The summed E-state index contributed by atoms with van der Waals surface area (Å²) in [5.41, 5.74) is 0.394. The second-order valence-electron chi connectivity index (χ2n) is 5.75. The van der Waals surface area contributed by atoms with E-state index in [1.165, 1.54) is 37.8 Å². The number of nitrogens with one attached hydrogen (secondary N) is 2. The van der Waals surface area contributed by atoms with Gasteiger partial charge in [0.1, 0.15) is 11.6 Å². The van der Waals surface area contributed by atoms with Crippen LogP contribution in [0.4, 0.5) is 8.78 Å². The molecule has 2 atom stereocenters. The largest absolute Gasteiger partial charge is 0.314 e. The summed E-state index contributed by atoms with van der Waals surface area (Å²) < 4.78 is 26.6. The lowest BCUT2D eigenvalue weighted by Crippen LogP contribution is -2.36. The van der Waals surface area contributed by atoms with Crippen LogP contribution in [-0.2, 0) is 6.54 Å². The normalized spacial score (nSPS) is 21.4. The highest BCUT2D eigenvalue weighted by Gasteiger charge is 2.15. The third-order valence-electron chi connectivity index (χ3n) is 3.95. The highest BCUT2D eigenvalue weighted by molar-refractivity contribution is 5.18. The monoisotopic (exact) mass is 282 g/mol. The van der Waals surface area contributed by atoms with Gasteiger partial charge in [-0.25, -0.2) is 8.78 Å². The molecule has 0 spiro atoms. The lowest BCUT2D eigenvalue weighted by atomic mass is 10.0. The second kappa shape index (κ2) is 7.70. The average molecular weight is 282 g/mol. The molecule has 1 aliphatic rings. The van der Waals surface area contributed by atoms with Crippen molar-refractivity contribution in [3.05, 3.63) is 35.4 Å². The Hall–Kier alpha value is -1.00. The topological polar surface area (TPSA) is 24.1 Å². The molecule has 0 aromatic heterocycles. The molecule has 1 aliphatic heterocycles. The standard InChI is InChI=1S/C16H24F2N2/c1-12(9-15-5-3-2-4-8-19-15)20-11-13-10-14(17)6-7-16(13)18/h6-7,10,12,15,19-20H,2-5,8-9,11H2,1H3. The van der Waals surface area contributed by atoms with E-state index in [0.29, 0.717) is 18.2 Å². The zero-order chi connectivity index (χ0) is 14.4. The van der Waals surface area contributed by atoms with Gasteiger partial charge in [-0.3, -0.25) is 0 Å². The van der Waals surface area contributed by atoms with Gasteiger partial charge in [0.25, 0.3) is 0 Å². The van der Waals surface area contributed by atoms with Gasteiger partial charge < -0.3 is 10.6 Å². The molecule has 0 amide bonds. The van der Waals surface area contributed by atoms with Crippen LogP contribution in [-0.4, -0.2) is 18.6 Å². The van der Waals surface area contributed by atoms with E-state index in [9.17, 15) is 8.78 Å². The molecule has 0 aliphatic carbocycles. The minimum Gasteiger partial charge on any atom is -0.314 e. The second-order valence-corrected chi connectivity index (χ2v) is 5.75. The van der Waals surface area contributed by atoms with Gasteiger partial charge in [-0.2, -0.15) is 0 Å². The molecule has 0 bridgehead atoms. The average Bonchev–Trinajstić information content (AvgIpc) is 2.68. The number of benzene rings is 1. The molecule has 112 valence electrons. The number of rotatable bonds is 5. The summed E-state index contributed by atoms with van der Waals surface area (Å²) in [5.74, 6) is -0.736. The Balaban J connectivity index is 1.79. The first kappa shape index (κ1) is 15.4. The molecule has 2 nitrogen and oxygen atoms in total. The summed E-state index contributed by atoms with van der Waals surface area (Å²) in [6, 6.07) is 4.42. The minimum atomic E-state index is -0.388. The molecule has 1 aromatic carbocycles. The molecule has 1 aromatic rings. The zero-order valence-corrected chi connectivity index (χ0v) is 12.1. The van der Waals surface area contributed by atoms with Crippen molar-refractivity contribution in [2.24, 2.45) is 0 Å². The minimum absolute atomic E-state index is 0.285. The number of hydrogen-bond donors (Lipinski definition) is 2. The molecule has 2 unspecified atom stereocenters. The maximum Gasteiger partial charge on any atom is 0.127 e. The Kier molecular flexibility index (Phi) is 5.92. The van der Waals surface area contributed by atoms with Gasteiger partial charge in [-0.1, -0.05) is 12.8 Å². The third kappa shape index (κ3) is 4.84. The van der Waals surface area contributed by atoms with Crippen LogP contribution in [0.1, 0.15) is 44.6 Å². The van der Waals surface area contributed by atoms with Crippen LogP contribution in [0.2, 0.25) is 0 Å². The van der Waals surface area contributed by atoms with Crippen LogP contribution in [0, 0.1) is 11.6 Å². The van der Waals surface area contributed by atoms with E-state index in [0.717, 1.165) is 19.0 Å². The van der Waals surface area contributed by atoms with Gasteiger partial charge in [0.05, 0.1) is 0 Å². The number of halogens is 2. The van der Waals surface area contributed by atoms with E-state index in [1.807, 2.05) is 0 Å². The predicted molar refractivity (Wildman–Crippen MR) is 77.5 cm³/mol. The van der Waals surface area contributed by atoms with Crippen molar-refractivity contribution in [1.82, 2.24) is 10.6 Å². The SMILES string of the molecule is CC(CC1CCCCCN1)NCc1cc(F)ccc1F.